The summed E-state index contributed by atoms with van der Waals surface area (Å²) < 4.78 is 38.4. The summed E-state index contributed by atoms with van der Waals surface area (Å²) in [6.07, 6.45) is -4.73. The summed E-state index contributed by atoms with van der Waals surface area (Å²) in [5, 5.41) is 20.5. The third-order valence-corrected chi connectivity index (χ3v) is 2.79. The van der Waals surface area contributed by atoms with E-state index >= 15 is 0 Å². The van der Waals surface area contributed by atoms with Gasteiger partial charge in [0.05, 0.1) is 10.5 Å². The van der Waals surface area contributed by atoms with E-state index in [1.54, 1.807) is 0 Å². The average Bonchev–Trinajstić information content (AvgIpc) is 2.37. The number of nitro benzene ring substituents is 1. The maximum Gasteiger partial charge on any atom is 0.416 e. The van der Waals surface area contributed by atoms with Gasteiger partial charge in [-0.05, 0) is 23.8 Å². The molecule has 0 aromatic heterocycles. The molecule has 0 unspecified atom stereocenters. The number of benzene rings is 2. The molecule has 21 heavy (non-hydrogen) atoms. The van der Waals surface area contributed by atoms with Gasteiger partial charge in [-0.25, -0.2) is 0 Å². The largest absolute Gasteiger partial charge is 0.507 e. The molecule has 0 amide bonds. The van der Waals surface area contributed by atoms with Crippen molar-refractivity contribution in [1.82, 2.24) is 0 Å². The third kappa shape index (κ3) is 3.04. The van der Waals surface area contributed by atoms with Crippen LogP contribution >= 0.6 is 0 Å². The van der Waals surface area contributed by atoms with Crippen LogP contribution in [0.2, 0.25) is 0 Å². The first-order chi connectivity index (χ1) is 9.68. The molecule has 0 aliphatic heterocycles. The van der Waals surface area contributed by atoms with Crippen LogP contribution in [0.3, 0.4) is 0 Å². The molecule has 0 bridgehead atoms. The first-order valence-corrected chi connectivity index (χ1v) is 5.64. The fourth-order valence-electron chi connectivity index (χ4n) is 1.83. The molecular formula is C13H9F3N2O3. The van der Waals surface area contributed by atoms with Crippen LogP contribution in [0.5, 0.6) is 5.75 Å². The van der Waals surface area contributed by atoms with Gasteiger partial charge in [0.2, 0.25) is 0 Å². The molecule has 110 valence electrons. The quantitative estimate of drug-likeness (QED) is 0.504. The number of rotatable bonds is 2. The fourth-order valence-corrected chi connectivity index (χ4v) is 1.83. The molecule has 0 fully saturated rings. The summed E-state index contributed by atoms with van der Waals surface area (Å²) in [6.45, 7) is 0. The normalized spacial score (nSPS) is 11.4. The van der Waals surface area contributed by atoms with Gasteiger partial charge in [-0.1, -0.05) is 0 Å². The van der Waals surface area contributed by atoms with Crippen molar-refractivity contribution in [2.45, 2.75) is 6.18 Å². The Bertz CT molecular complexity index is 714. The highest BCUT2D eigenvalue weighted by atomic mass is 19.4. The first kappa shape index (κ1) is 14.6. The summed E-state index contributed by atoms with van der Waals surface area (Å²) in [6, 6.07) is 5.96. The third-order valence-electron chi connectivity index (χ3n) is 2.79. The smallest absolute Gasteiger partial charge is 0.416 e. The van der Waals surface area contributed by atoms with Gasteiger partial charge in [0.25, 0.3) is 5.69 Å². The molecule has 2 rings (SSSR count). The zero-order valence-electron chi connectivity index (χ0n) is 10.4. The van der Waals surface area contributed by atoms with E-state index in [0.717, 1.165) is 18.2 Å². The summed E-state index contributed by atoms with van der Waals surface area (Å²) in [5.74, 6) is -0.358. The molecule has 2 aromatic rings. The highest BCUT2D eigenvalue weighted by molar-refractivity contribution is 5.74. The molecule has 0 radical (unpaired) electrons. The minimum Gasteiger partial charge on any atom is -0.507 e. The molecular weight excluding hydrogens is 289 g/mol. The fraction of sp³-hybridized carbons (Fsp3) is 0.0769. The predicted octanol–water partition coefficient (Wildman–Crippen LogP) is 3.57. The van der Waals surface area contributed by atoms with Crippen LogP contribution in [0.1, 0.15) is 5.56 Å². The highest BCUT2D eigenvalue weighted by Gasteiger charge is 2.33. The van der Waals surface area contributed by atoms with Crippen molar-refractivity contribution in [3.8, 4) is 16.9 Å². The second kappa shape index (κ2) is 4.97. The zero-order valence-corrected chi connectivity index (χ0v) is 10.4. The van der Waals surface area contributed by atoms with Gasteiger partial charge < -0.3 is 10.8 Å². The van der Waals surface area contributed by atoms with E-state index in [0.29, 0.717) is 6.07 Å². The van der Waals surface area contributed by atoms with E-state index in [2.05, 4.69) is 0 Å². The number of nitrogen functional groups attached to an aromatic ring is 1. The summed E-state index contributed by atoms with van der Waals surface area (Å²) >= 11 is 0. The number of nitro groups is 1. The summed E-state index contributed by atoms with van der Waals surface area (Å²) in [7, 11) is 0. The molecule has 0 atom stereocenters. The lowest BCUT2D eigenvalue weighted by Gasteiger charge is -2.10. The molecule has 0 spiro atoms. The Morgan fingerprint density at radius 3 is 2.33 bits per heavy atom. The van der Waals surface area contributed by atoms with Crippen molar-refractivity contribution in [1.29, 1.82) is 0 Å². The Kier molecular flexibility index (Phi) is 3.46. The van der Waals surface area contributed by atoms with Crippen molar-refractivity contribution >= 4 is 11.4 Å². The molecule has 5 nitrogen and oxygen atoms in total. The first-order valence-electron chi connectivity index (χ1n) is 5.64. The van der Waals surface area contributed by atoms with Crippen LogP contribution in [0.15, 0.2) is 36.4 Å². The number of aromatic hydroxyl groups is 1. The number of halogens is 3. The zero-order chi connectivity index (χ0) is 15.8. The lowest BCUT2D eigenvalue weighted by molar-refractivity contribution is -0.385. The number of nitrogens with zero attached hydrogens (tertiary/aromatic N) is 1. The van der Waals surface area contributed by atoms with E-state index in [1.165, 1.54) is 12.1 Å². The number of phenolic OH excluding ortho intramolecular Hbond substituents is 1. The second-order valence-electron chi connectivity index (χ2n) is 4.30. The molecule has 3 N–H and O–H groups in total. The van der Waals surface area contributed by atoms with Crippen molar-refractivity contribution in [3.05, 3.63) is 52.1 Å². The summed E-state index contributed by atoms with van der Waals surface area (Å²) in [4.78, 5) is 9.83. The number of alkyl halides is 3. The Hall–Kier alpha value is -2.77. The number of anilines is 1. The number of phenols is 1. The van der Waals surface area contributed by atoms with E-state index in [4.69, 9.17) is 5.73 Å². The Morgan fingerprint density at radius 1 is 1.14 bits per heavy atom. The van der Waals surface area contributed by atoms with Gasteiger partial charge in [-0.3, -0.25) is 10.1 Å². The van der Waals surface area contributed by atoms with Gasteiger partial charge >= 0.3 is 6.18 Å². The van der Waals surface area contributed by atoms with Crippen LogP contribution in [-0.2, 0) is 6.18 Å². The van der Waals surface area contributed by atoms with Gasteiger partial charge in [-0.15, -0.1) is 0 Å². The van der Waals surface area contributed by atoms with Crippen molar-refractivity contribution in [2.24, 2.45) is 0 Å². The van der Waals surface area contributed by atoms with Gasteiger partial charge in [0.1, 0.15) is 5.75 Å². The van der Waals surface area contributed by atoms with Crippen molar-refractivity contribution < 1.29 is 23.2 Å². The highest BCUT2D eigenvalue weighted by Crippen LogP contribution is 2.38. The maximum atomic E-state index is 12.8. The van der Waals surface area contributed by atoms with Crippen LogP contribution in [-0.4, -0.2) is 10.0 Å². The van der Waals surface area contributed by atoms with Crippen LogP contribution in [0, 0.1) is 10.1 Å². The standard InChI is InChI=1S/C13H9F3N2O3/c14-13(15,16)8-3-7(4-10(5-8)18(20)21)11-2-1-9(17)6-12(11)19/h1-6,19H,17H2. The number of hydrogen-bond donors (Lipinski definition) is 2. The Morgan fingerprint density at radius 2 is 1.81 bits per heavy atom. The lowest BCUT2D eigenvalue weighted by atomic mass is 10.0. The molecule has 0 heterocycles. The second-order valence-corrected chi connectivity index (χ2v) is 4.30. The Labute approximate surface area is 116 Å². The maximum absolute atomic E-state index is 12.8. The topological polar surface area (TPSA) is 89.4 Å². The van der Waals surface area contributed by atoms with E-state index in [-0.39, 0.29) is 22.6 Å². The number of hydrogen-bond acceptors (Lipinski definition) is 4. The lowest BCUT2D eigenvalue weighted by Crippen LogP contribution is -2.06. The summed E-state index contributed by atoms with van der Waals surface area (Å²) in [5.41, 5.74) is 3.69. The molecule has 0 aliphatic rings. The minimum absolute atomic E-state index is 0.0263. The van der Waals surface area contributed by atoms with Gasteiger partial charge in [0, 0.05) is 29.4 Å². The van der Waals surface area contributed by atoms with E-state index < -0.39 is 22.4 Å². The molecule has 0 saturated carbocycles. The molecule has 0 saturated heterocycles. The average molecular weight is 298 g/mol. The molecule has 2 aromatic carbocycles. The predicted molar refractivity (Wildman–Crippen MR) is 69.6 cm³/mol. The molecule has 0 aliphatic carbocycles. The van der Waals surface area contributed by atoms with Gasteiger partial charge in [0.15, 0.2) is 0 Å². The van der Waals surface area contributed by atoms with E-state index in [9.17, 15) is 28.4 Å². The van der Waals surface area contributed by atoms with Crippen molar-refractivity contribution in [2.75, 3.05) is 5.73 Å². The number of non-ortho nitro benzene ring substituents is 1. The van der Waals surface area contributed by atoms with Gasteiger partial charge in [-0.2, -0.15) is 13.2 Å². The Balaban J connectivity index is 2.68. The monoisotopic (exact) mass is 298 g/mol. The van der Waals surface area contributed by atoms with Crippen LogP contribution < -0.4 is 5.73 Å². The van der Waals surface area contributed by atoms with Crippen LogP contribution in [0.4, 0.5) is 24.5 Å². The minimum atomic E-state index is -4.73. The van der Waals surface area contributed by atoms with E-state index in [1.807, 2.05) is 0 Å². The number of nitrogens with two attached hydrogens (primary N) is 1. The van der Waals surface area contributed by atoms with Crippen molar-refractivity contribution in [3.63, 3.8) is 0 Å². The SMILES string of the molecule is Nc1ccc(-c2cc([N+](=O)[O-])cc(C(F)(F)F)c2)c(O)c1. The molecule has 8 heteroatoms. The van der Waals surface area contributed by atoms with Crippen LogP contribution in [0.25, 0.3) is 11.1 Å².